The molecule has 5 aromatic rings. The van der Waals surface area contributed by atoms with Gasteiger partial charge >= 0.3 is 0 Å². The molecule has 10 rings (SSSR count). The molecule has 2 saturated heterocycles. The summed E-state index contributed by atoms with van der Waals surface area (Å²) in [6.45, 7) is 8.69. The number of nitro benzene ring substituents is 1. The summed E-state index contributed by atoms with van der Waals surface area (Å²) >= 11 is 0. The molecule has 3 aromatic carbocycles. The molecule has 4 fully saturated rings. The number of amides is 1. The number of H-pyrrole nitrogens is 1. The average Bonchev–Trinajstić information content (AvgIpc) is 3.71. The topological polar surface area (TPSA) is 256 Å². The SMILES string of the molecule is CC(C)c1ccccc1[C@H]1CN(S(N)(=O)=O)CCN1C1CC2(CCN(c3ccc(C(=O)NS(=O)(=O)c4cc5c(c([N+](=O)[O-])c4)N[C@@H]([C@H]4CC[C@](C)(O)CC4)CO5)c(Oc4cnc5[nH]cc(F)c5c4)c3)CC2)C1. The van der Waals surface area contributed by atoms with Crippen molar-refractivity contribution < 1.29 is 45.5 Å². The van der Waals surface area contributed by atoms with Gasteiger partial charge in [-0.2, -0.15) is 12.7 Å². The van der Waals surface area contributed by atoms with Crippen molar-refractivity contribution in [2.45, 2.75) is 107 Å². The van der Waals surface area contributed by atoms with Crippen molar-refractivity contribution in [2.24, 2.45) is 16.5 Å². The van der Waals surface area contributed by atoms with Crippen molar-refractivity contribution in [1.29, 1.82) is 0 Å². The normalized spacial score (nSPS) is 24.0. The largest absolute Gasteiger partial charge is 0.489 e. The number of piperidine rings is 1. The summed E-state index contributed by atoms with van der Waals surface area (Å²) in [7, 11) is -8.63. The number of aromatic amines is 1. The molecule has 1 amide bonds. The predicted octanol–water partition coefficient (Wildman–Crippen LogP) is 7.07. The second-order valence-corrected chi connectivity index (χ2v) is 24.1. The molecule has 5 heterocycles. The van der Waals surface area contributed by atoms with Crippen LogP contribution < -0.4 is 29.6 Å². The van der Waals surface area contributed by atoms with Crippen LogP contribution in [0.5, 0.6) is 17.2 Å². The number of ether oxygens (including phenoxy) is 2. The fourth-order valence-electron chi connectivity index (χ4n) is 11.7. The Hall–Kier alpha value is -5.91. The number of hydrogen-bond donors (Lipinski definition) is 5. The van der Waals surface area contributed by atoms with E-state index in [2.05, 4.69) is 55.8 Å². The Morgan fingerprint density at radius 3 is 2.47 bits per heavy atom. The van der Waals surface area contributed by atoms with Crippen LogP contribution in [-0.2, 0) is 20.2 Å². The number of pyridine rings is 1. The van der Waals surface area contributed by atoms with Gasteiger partial charge in [0.25, 0.3) is 31.8 Å². The van der Waals surface area contributed by atoms with Crippen LogP contribution in [0, 0.1) is 27.3 Å². The van der Waals surface area contributed by atoms with Gasteiger partial charge in [-0.25, -0.2) is 27.7 Å². The van der Waals surface area contributed by atoms with Gasteiger partial charge in [-0.15, -0.1) is 0 Å². The van der Waals surface area contributed by atoms with E-state index in [1.807, 2.05) is 12.1 Å². The second-order valence-electron chi connectivity index (χ2n) is 20.9. The van der Waals surface area contributed by atoms with Crippen LogP contribution in [0.2, 0.25) is 0 Å². The third-order valence-corrected chi connectivity index (χ3v) is 18.2. The number of carbonyl (C=O) groups excluding carboxylic acids is 1. The van der Waals surface area contributed by atoms with E-state index < -0.39 is 53.1 Å². The molecule has 1 spiro atoms. The minimum atomic E-state index is -4.76. The first-order chi connectivity index (χ1) is 34.2. The molecule has 6 N–H and O–H groups in total. The maximum atomic E-state index is 14.7. The number of nitrogens with one attached hydrogen (secondary N) is 3. The summed E-state index contributed by atoms with van der Waals surface area (Å²) < 4.78 is 83.5. The van der Waals surface area contributed by atoms with E-state index in [0.717, 1.165) is 49.6 Å². The van der Waals surface area contributed by atoms with E-state index in [4.69, 9.17) is 14.6 Å². The maximum Gasteiger partial charge on any atom is 0.297 e. The zero-order chi connectivity index (χ0) is 50.9. The Bertz CT molecular complexity index is 3140. The van der Waals surface area contributed by atoms with E-state index in [-0.39, 0.29) is 88.1 Å². The summed E-state index contributed by atoms with van der Waals surface area (Å²) in [5, 5.41) is 31.9. The lowest BCUT2D eigenvalue weighted by molar-refractivity contribution is -0.384. The first kappa shape index (κ1) is 49.7. The van der Waals surface area contributed by atoms with Crippen molar-refractivity contribution in [2.75, 3.05) is 49.5 Å². The maximum absolute atomic E-state index is 14.7. The van der Waals surface area contributed by atoms with Gasteiger partial charge in [-0.1, -0.05) is 38.1 Å². The zero-order valence-corrected chi connectivity index (χ0v) is 42.0. The minimum absolute atomic E-state index is 0.0353. The molecule has 0 bridgehead atoms. The van der Waals surface area contributed by atoms with Gasteiger partial charge in [-0.3, -0.25) is 19.8 Å². The fraction of sp³-hybridized carbons (Fsp3) is 0.480. The lowest BCUT2D eigenvalue weighted by Crippen LogP contribution is -2.61. The lowest BCUT2D eigenvalue weighted by Gasteiger charge is -2.58. The molecule has 384 valence electrons. The number of nitrogens with two attached hydrogens (primary N) is 1. The molecule has 3 aliphatic heterocycles. The van der Waals surface area contributed by atoms with Crippen LogP contribution in [0.1, 0.15) is 106 Å². The Kier molecular flexibility index (Phi) is 13.0. The highest BCUT2D eigenvalue weighted by atomic mass is 32.2. The number of halogens is 1. The van der Waals surface area contributed by atoms with Crippen molar-refractivity contribution in [3.05, 3.63) is 106 Å². The van der Waals surface area contributed by atoms with Crippen LogP contribution >= 0.6 is 0 Å². The molecule has 2 aliphatic carbocycles. The number of hydrogen-bond acceptors (Lipinski definition) is 14. The van der Waals surface area contributed by atoms with Crippen LogP contribution in [0.25, 0.3) is 11.0 Å². The minimum Gasteiger partial charge on any atom is -0.489 e. The zero-order valence-electron chi connectivity index (χ0n) is 40.3. The van der Waals surface area contributed by atoms with E-state index in [0.29, 0.717) is 57.5 Å². The number of anilines is 2. The van der Waals surface area contributed by atoms with Crippen LogP contribution in [0.15, 0.2) is 78.0 Å². The number of nitro groups is 1. The summed E-state index contributed by atoms with van der Waals surface area (Å²) in [5.74, 6) is -1.34. The van der Waals surface area contributed by atoms with Gasteiger partial charge in [0, 0.05) is 74.9 Å². The fourth-order valence-corrected chi connectivity index (χ4v) is 13.4. The van der Waals surface area contributed by atoms with Crippen LogP contribution in [0.3, 0.4) is 0 Å². The number of nitrogens with zero attached hydrogens (tertiary/aromatic N) is 5. The van der Waals surface area contributed by atoms with Crippen molar-refractivity contribution in [3.63, 3.8) is 0 Å². The first-order valence-electron chi connectivity index (χ1n) is 24.5. The molecule has 2 atom stereocenters. The molecule has 0 unspecified atom stereocenters. The molecular formula is C50H60FN9O10S2. The summed E-state index contributed by atoms with van der Waals surface area (Å²) in [6.07, 6.45) is 8.65. The second kappa shape index (κ2) is 18.9. The molecule has 0 radical (unpaired) electrons. The van der Waals surface area contributed by atoms with Gasteiger partial charge in [0.1, 0.15) is 29.6 Å². The number of sulfonamides is 1. The van der Waals surface area contributed by atoms with Gasteiger partial charge < -0.3 is 29.8 Å². The standard InChI is InChI=1S/C50H60FN9O10S2/c1-30(2)36-6-4-5-7-37(36)43-28-58(72(52,67)68)18-19-59(43)33-24-50(25-33)14-16-57(17-15-50)32-8-9-38(44(20-32)70-34-21-39-40(51)27-54-47(39)53-26-34)48(61)56-71(65,66)35-22-42(60(63)64)46-45(23-35)69-29-41(55-46)31-10-12-49(3,62)13-11-31/h4-9,20-23,26-27,30-31,33,41,43,55,62H,10-19,24-25,28-29H2,1-3H3,(H,53,54)(H,56,61)(H2,52,67,68)/t31-,41-,43-,49-/m1/s1. The molecular weight excluding hydrogens is 970 g/mol. The molecule has 5 aliphatic rings. The number of carbonyl (C=O) groups is 1. The highest BCUT2D eigenvalue weighted by molar-refractivity contribution is 7.90. The van der Waals surface area contributed by atoms with Gasteiger partial charge in [0.15, 0.2) is 11.4 Å². The predicted molar refractivity (Wildman–Crippen MR) is 267 cm³/mol. The Morgan fingerprint density at radius 1 is 1.03 bits per heavy atom. The number of rotatable bonds is 12. The molecule has 2 saturated carbocycles. The number of fused-ring (bicyclic) bond motifs is 2. The Morgan fingerprint density at radius 2 is 1.76 bits per heavy atom. The highest BCUT2D eigenvalue weighted by Crippen LogP contribution is 2.54. The van der Waals surface area contributed by atoms with Crippen LogP contribution in [0.4, 0.5) is 21.5 Å². The third-order valence-electron chi connectivity index (χ3n) is 15.8. The van der Waals surface area contributed by atoms with Crippen LogP contribution in [-0.4, -0.2) is 109 Å². The smallest absolute Gasteiger partial charge is 0.297 e. The molecule has 2 aromatic heterocycles. The third kappa shape index (κ3) is 9.83. The first-order valence-corrected chi connectivity index (χ1v) is 27.5. The van der Waals surface area contributed by atoms with E-state index in [1.54, 1.807) is 19.1 Å². The van der Waals surface area contributed by atoms with E-state index in [9.17, 15) is 41.2 Å². The van der Waals surface area contributed by atoms with E-state index in [1.165, 1.54) is 28.2 Å². The van der Waals surface area contributed by atoms with Gasteiger partial charge in [0.05, 0.1) is 38.6 Å². The number of benzene rings is 3. The lowest BCUT2D eigenvalue weighted by atomic mass is 9.59. The average molecular weight is 1030 g/mol. The van der Waals surface area contributed by atoms with E-state index >= 15 is 0 Å². The van der Waals surface area contributed by atoms with Crippen molar-refractivity contribution >= 4 is 54.2 Å². The molecule has 72 heavy (non-hydrogen) atoms. The van der Waals surface area contributed by atoms with Gasteiger partial charge in [0.2, 0.25) is 0 Å². The van der Waals surface area contributed by atoms with Gasteiger partial charge in [-0.05, 0) is 105 Å². The monoisotopic (exact) mass is 1030 g/mol. The summed E-state index contributed by atoms with van der Waals surface area (Å²) in [4.78, 5) is 36.9. The number of aromatic nitrogens is 2. The summed E-state index contributed by atoms with van der Waals surface area (Å²) in [6, 6.07) is 16.3. The Balaban J connectivity index is 0.866. The molecule has 19 nitrogen and oxygen atoms in total. The van der Waals surface area contributed by atoms with Crippen molar-refractivity contribution in [3.8, 4) is 17.2 Å². The molecule has 22 heteroatoms. The van der Waals surface area contributed by atoms with Crippen molar-refractivity contribution in [1.82, 2.24) is 23.9 Å². The summed E-state index contributed by atoms with van der Waals surface area (Å²) in [5.41, 5.74) is 1.89. The highest BCUT2D eigenvalue weighted by Gasteiger charge is 2.51. The number of aliphatic hydroxyl groups is 1. The number of piperazine rings is 1. The quantitative estimate of drug-likeness (QED) is 0.0619. The Labute approximate surface area is 417 Å².